The third kappa shape index (κ3) is 3.89. The van der Waals surface area contributed by atoms with Gasteiger partial charge in [0.1, 0.15) is 17.4 Å². The summed E-state index contributed by atoms with van der Waals surface area (Å²) in [4.78, 5) is 4.65. The first kappa shape index (κ1) is 17.6. The van der Waals surface area contributed by atoms with Crippen LogP contribution in [0.1, 0.15) is 11.3 Å². The van der Waals surface area contributed by atoms with E-state index in [1.165, 1.54) is 0 Å². The molecule has 0 atom stereocenters. The summed E-state index contributed by atoms with van der Waals surface area (Å²) in [5.74, 6) is 2.14. The van der Waals surface area contributed by atoms with Gasteiger partial charge in [0.05, 0.1) is 25.5 Å². The van der Waals surface area contributed by atoms with E-state index in [1.54, 1.807) is 25.6 Å². The first-order chi connectivity index (χ1) is 12.1. The molecule has 3 aromatic rings. The fourth-order valence-corrected chi connectivity index (χ4v) is 3.36. The van der Waals surface area contributed by atoms with Gasteiger partial charge in [-0.3, -0.25) is 0 Å². The molecular formula is C19H18ClNO3S. The molecule has 0 radical (unpaired) electrons. The van der Waals surface area contributed by atoms with Gasteiger partial charge in [-0.1, -0.05) is 17.7 Å². The normalized spacial score (nSPS) is 10.6. The molecule has 0 N–H and O–H groups in total. The van der Waals surface area contributed by atoms with Crippen molar-refractivity contribution in [2.45, 2.75) is 13.5 Å². The highest BCUT2D eigenvalue weighted by atomic mass is 35.5. The number of halogens is 1. The fraction of sp³-hybridized carbons (Fsp3) is 0.211. The van der Waals surface area contributed by atoms with Crippen molar-refractivity contribution in [2.24, 2.45) is 0 Å². The monoisotopic (exact) mass is 375 g/mol. The summed E-state index contributed by atoms with van der Waals surface area (Å²) in [6.07, 6.45) is 0. The van der Waals surface area contributed by atoms with Crippen LogP contribution < -0.4 is 14.2 Å². The largest absolute Gasteiger partial charge is 0.493 e. The molecule has 1 aromatic heterocycles. The van der Waals surface area contributed by atoms with Crippen molar-refractivity contribution in [1.29, 1.82) is 0 Å². The maximum atomic E-state index is 6.03. The summed E-state index contributed by atoms with van der Waals surface area (Å²) >= 11 is 7.58. The maximum absolute atomic E-state index is 6.03. The van der Waals surface area contributed by atoms with E-state index in [1.807, 2.05) is 48.7 Å². The van der Waals surface area contributed by atoms with E-state index in [0.717, 1.165) is 32.6 Å². The van der Waals surface area contributed by atoms with Gasteiger partial charge < -0.3 is 14.2 Å². The van der Waals surface area contributed by atoms with Gasteiger partial charge in [-0.05, 0) is 42.8 Å². The number of benzene rings is 2. The Bertz CT molecular complexity index is 879. The van der Waals surface area contributed by atoms with Crippen LogP contribution in [0.4, 0.5) is 0 Å². The predicted molar refractivity (Wildman–Crippen MR) is 101 cm³/mol. The number of nitrogens with zero attached hydrogens (tertiary/aromatic N) is 1. The topological polar surface area (TPSA) is 40.6 Å². The lowest BCUT2D eigenvalue weighted by Gasteiger charge is -2.10. The van der Waals surface area contributed by atoms with Gasteiger partial charge in [-0.15, -0.1) is 11.3 Å². The van der Waals surface area contributed by atoms with Crippen LogP contribution >= 0.6 is 22.9 Å². The van der Waals surface area contributed by atoms with E-state index in [4.69, 9.17) is 25.8 Å². The zero-order valence-electron chi connectivity index (χ0n) is 14.2. The molecule has 0 unspecified atom stereocenters. The van der Waals surface area contributed by atoms with Crippen molar-refractivity contribution in [3.05, 3.63) is 58.1 Å². The summed E-state index contributed by atoms with van der Waals surface area (Å²) in [5.41, 5.74) is 2.75. The molecule has 1 heterocycles. The lowest BCUT2D eigenvalue weighted by Crippen LogP contribution is -1.97. The summed E-state index contributed by atoms with van der Waals surface area (Å²) in [6.45, 7) is 2.34. The van der Waals surface area contributed by atoms with Gasteiger partial charge in [0.25, 0.3) is 0 Å². The number of aromatic nitrogens is 1. The van der Waals surface area contributed by atoms with E-state index in [0.29, 0.717) is 18.1 Å². The molecule has 0 aliphatic rings. The Morgan fingerprint density at radius 2 is 1.96 bits per heavy atom. The predicted octanol–water partition coefficient (Wildman–Crippen LogP) is 5.37. The van der Waals surface area contributed by atoms with Crippen molar-refractivity contribution in [2.75, 3.05) is 14.2 Å². The van der Waals surface area contributed by atoms with Crippen LogP contribution in [0.25, 0.3) is 10.6 Å². The number of rotatable bonds is 6. The molecule has 2 aromatic carbocycles. The molecule has 0 spiro atoms. The molecule has 0 aliphatic heterocycles. The third-order valence-corrected chi connectivity index (χ3v) is 5.05. The lowest BCUT2D eigenvalue weighted by molar-refractivity contribution is 0.302. The maximum Gasteiger partial charge on any atom is 0.170 e. The standard InChI is InChI=1S/C19H18ClNO3S/c1-12-9-14(7-8-16(12)20)24-10-13-11-25-19(21-13)15-5-4-6-17(22-2)18(15)23-3/h4-9,11H,10H2,1-3H3. The molecule has 0 aliphatic carbocycles. The van der Waals surface area contributed by atoms with Crippen LogP contribution in [0.3, 0.4) is 0 Å². The Morgan fingerprint density at radius 1 is 1.12 bits per heavy atom. The molecular weight excluding hydrogens is 358 g/mol. The Kier molecular flexibility index (Phi) is 5.46. The molecule has 0 saturated carbocycles. The van der Waals surface area contributed by atoms with Crippen LogP contribution in [-0.4, -0.2) is 19.2 Å². The minimum Gasteiger partial charge on any atom is -0.493 e. The van der Waals surface area contributed by atoms with Gasteiger partial charge >= 0.3 is 0 Å². The second-order valence-electron chi connectivity index (χ2n) is 5.38. The summed E-state index contributed by atoms with van der Waals surface area (Å²) in [5, 5.41) is 3.58. The molecule has 0 amide bonds. The van der Waals surface area contributed by atoms with Crippen molar-refractivity contribution in [3.8, 4) is 27.8 Å². The van der Waals surface area contributed by atoms with Crippen molar-refractivity contribution in [3.63, 3.8) is 0 Å². The molecule has 3 rings (SSSR count). The second kappa shape index (κ2) is 7.76. The van der Waals surface area contributed by atoms with Gasteiger partial charge in [0.15, 0.2) is 11.5 Å². The summed E-state index contributed by atoms with van der Waals surface area (Å²) in [7, 11) is 3.25. The van der Waals surface area contributed by atoms with Crippen LogP contribution in [0, 0.1) is 6.92 Å². The van der Waals surface area contributed by atoms with E-state index in [-0.39, 0.29) is 0 Å². The zero-order chi connectivity index (χ0) is 17.8. The Labute approximate surface area is 156 Å². The SMILES string of the molecule is COc1cccc(-c2nc(COc3ccc(Cl)c(C)c3)cs2)c1OC. The highest BCUT2D eigenvalue weighted by molar-refractivity contribution is 7.13. The van der Waals surface area contributed by atoms with Crippen molar-refractivity contribution in [1.82, 2.24) is 4.98 Å². The van der Waals surface area contributed by atoms with Gasteiger partial charge in [-0.2, -0.15) is 0 Å². The number of aryl methyl sites for hydroxylation is 1. The van der Waals surface area contributed by atoms with E-state index >= 15 is 0 Å². The average molecular weight is 376 g/mol. The van der Waals surface area contributed by atoms with Crippen LogP contribution in [0.2, 0.25) is 5.02 Å². The molecule has 0 bridgehead atoms. The second-order valence-corrected chi connectivity index (χ2v) is 6.65. The smallest absolute Gasteiger partial charge is 0.170 e. The summed E-state index contributed by atoms with van der Waals surface area (Å²) < 4.78 is 16.6. The van der Waals surface area contributed by atoms with Crippen LogP contribution in [0.5, 0.6) is 17.2 Å². The highest BCUT2D eigenvalue weighted by Gasteiger charge is 2.14. The third-order valence-electron chi connectivity index (χ3n) is 3.70. The van der Waals surface area contributed by atoms with Gasteiger partial charge in [-0.25, -0.2) is 4.98 Å². The first-order valence-corrected chi connectivity index (χ1v) is 8.93. The molecule has 6 heteroatoms. The van der Waals surface area contributed by atoms with Crippen molar-refractivity contribution >= 4 is 22.9 Å². The quantitative estimate of drug-likeness (QED) is 0.580. The molecule has 0 fully saturated rings. The Morgan fingerprint density at radius 3 is 2.68 bits per heavy atom. The fourth-order valence-electron chi connectivity index (χ4n) is 2.42. The number of thiazole rings is 1. The van der Waals surface area contributed by atoms with E-state index < -0.39 is 0 Å². The number of hydrogen-bond donors (Lipinski definition) is 0. The Hall–Kier alpha value is -2.24. The average Bonchev–Trinajstić information content (AvgIpc) is 3.10. The van der Waals surface area contributed by atoms with E-state index in [9.17, 15) is 0 Å². The number of ether oxygens (including phenoxy) is 3. The zero-order valence-corrected chi connectivity index (χ0v) is 15.8. The van der Waals surface area contributed by atoms with Crippen LogP contribution in [-0.2, 0) is 6.61 Å². The Balaban J connectivity index is 1.78. The molecule has 25 heavy (non-hydrogen) atoms. The van der Waals surface area contributed by atoms with Gasteiger partial charge in [0, 0.05) is 10.4 Å². The molecule has 4 nitrogen and oxygen atoms in total. The van der Waals surface area contributed by atoms with Gasteiger partial charge in [0.2, 0.25) is 0 Å². The number of para-hydroxylation sites is 1. The highest BCUT2D eigenvalue weighted by Crippen LogP contribution is 2.39. The van der Waals surface area contributed by atoms with Crippen LogP contribution in [0.15, 0.2) is 41.8 Å². The lowest BCUT2D eigenvalue weighted by atomic mass is 10.2. The molecule has 130 valence electrons. The van der Waals surface area contributed by atoms with E-state index in [2.05, 4.69) is 4.98 Å². The minimum absolute atomic E-state index is 0.393. The summed E-state index contributed by atoms with van der Waals surface area (Å²) in [6, 6.07) is 11.4. The van der Waals surface area contributed by atoms with Crippen molar-refractivity contribution < 1.29 is 14.2 Å². The minimum atomic E-state index is 0.393. The molecule has 0 saturated heterocycles. The number of methoxy groups -OCH3 is 2. The first-order valence-electron chi connectivity index (χ1n) is 7.67. The number of hydrogen-bond acceptors (Lipinski definition) is 5.